The molecule has 0 aliphatic heterocycles. The number of hydrogen-bond acceptors (Lipinski definition) is 4. The van der Waals surface area contributed by atoms with Crippen LogP contribution in [0.5, 0.6) is 0 Å². The largest absolute Gasteiger partial charge is 0.270 e. The van der Waals surface area contributed by atoms with Gasteiger partial charge in [0.25, 0.3) is 5.91 Å². The minimum atomic E-state index is -3.70. The number of carbonyl (C=O) groups excluding carboxylic acids is 1. The van der Waals surface area contributed by atoms with Crippen LogP contribution in [0, 0.1) is 12.7 Å². The van der Waals surface area contributed by atoms with E-state index >= 15 is 0 Å². The maximum atomic E-state index is 13.0. The summed E-state index contributed by atoms with van der Waals surface area (Å²) in [7, 11) is -2.48. The van der Waals surface area contributed by atoms with Crippen molar-refractivity contribution in [2.45, 2.75) is 26.0 Å². The van der Waals surface area contributed by atoms with Crippen LogP contribution in [0.3, 0.4) is 0 Å². The van der Waals surface area contributed by atoms with Gasteiger partial charge in [-0.3, -0.25) is 4.79 Å². The fourth-order valence-electron chi connectivity index (χ4n) is 2.06. The lowest BCUT2D eigenvalue weighted by atomic mass is 10.2. The number of aromatic nitrogens is 2. The van der Waals surface area contributed by atoms with Gasteiger partial charge in [-0.25, -0.2) is 21.8 Å². The molecule has 0 aliphatic carbocycles. The minimum absolute atomic E-state index is 0.182. The average Bonchev–Trinajstić information content (AvgIpc) is 2.88. The molecule has 1 aromatic carbocycles. The molecule has 2 aromatic rings. The van der Waals surface area contributed by atoms with Gasteiger partial charge in [-0.15, -0.1) is 0 Å². The van der Waals surface area contributed by atoms with Crippen LogP contribution in [-0.2, 0) is 10.0 Å². The zero-order chi connectivity index (χ0) is 17.4. The average molecular weight is 339 g/mol. The van der Waals surface area contributed by atoms with Crippen LogP contribution in [0.25, 0.3) is 5.69 Å². The number of benzene rings is 1. The molecule has 124 valence electrons. The van der Waals surface area contributed by atoms with Crippen LogP contribution in [0.2, 0.25) is 0 Å². The SMILES string of the molecule is Cc1c(C(=O)N(C)S(=O)(=O)C(C)C)cnn1-c1ccc(F)cc1. The topological polar surface area (TPSA) is 72.3 Å². The maximum absolute atomic E-state index is 13.0. The molecule has 0 saturated carbocycles. The first-order valence-electron chi connectivity index (χ1n) is 6.99. The highest BCUT2D eigenvalue weighted by molar-refractivity contribution is 7.90. The van der Waals surface area contributed by atoms with Crippen molar-refractivity contribution in [2.75, 3.05) is 7.05 Å². The summed E-state index contributed by atoms with van der Waals surface area (Å²) in [4.78, 5) is 12.4. The van der Waals surface area contributed by atoms with Crippen molar-refractivity contribution < 1.29 is 17.6 Å². The first-order chi connectivity index (χ1) is 10.7. The van der Waals surface area contributed by atoms with Crippen molar-refractivity contribution in [3.05, 3.63) is 47.5 Å². The molecule has 8 heteroatoms. The van der Waals surface area contributed by atoms with E-state index < -0.39 is 21.2 Å². The summed E-state index contributed by atoms with van der Waals surface area (Å²) in [6, 6.07) is 5.62. The van der Waals surface area contributed by atoms with Gasteiger partial charge >= 0.3 is 0 Å². The molecule has 0 bridgehead atoms. The highest BCUT2D eigenvalue weighted by atomic mass is 32.2. The quantitative estimate of drug-likeness (QED) is 0.855. The van der Waals surface area contributed by atoms with Gasteiger partial charge in [0.05, 0.1) is 28.4 Å². The lowest BCUT2D eigenvalue weighted by Crippen LogP contribution is -2.38. The summed E-state index contributed by atoms with van der Waals surface area (Å²) in [5.74, 6) is -1.03. The van der Waals surface area contributed by atoms with Crippen LogP contribution in [0.1, 0.15) is 29.9 Å². The third kappa shape index (κ3) is 3.12. The highest BCUT2D eigenvalue weighted by Crippen LogP contribution is 2.18. The molecule has 6 nitrogen and oxygen atoms in total. The first kappa shape index (κ1) is 17.1. The number of carbonyl (C=O) groups is 1. The smallest absolute Gasteiger partial charge is 0.268 e. The number of hydrogen-bond donors (Lipinski definition) is 0. The van der Waals surface area contributed by atoms with Gasteiger partial charge in [0.1, 0.15) is 5.82 Å². The van der Waals surface area contributed by atoms with E-state index in [-0.39, 0.29) is 11.4 Å². The number of nitrogens with zero attached hydrogens (tertiary/aromatic N) is 3. The molecule has 0 spiro atoms. The van der Waals surface area contributed by atoms with Gasteiger partial charge in [-0.2, -0.15) is 5.10 Å². The lowest BCUT2D eigenvalue weighted by molar-refractivity contribution is 0.0881. The predicted octanol–water partition coefficient (Wildman–Crippen LogP) is 2.13. The van der Waals surface area contributed by atoms with E-state index in [1.807, 2.05) is 0 Å². The normalized spacial score (nSPS) is 11.7. The third-order valence-corrected chi connectivity index (χ3v) is 5.70. The van der Waals surface area contributed by atoms with E-state index in [1.54, 1.807) is 6.92 Å². The van der Waals surface area contributed by atoms with Crippen molar-refractivity contribution in [1.82, 2.24) is 14.1 Å². The molecule has 1 amide bonds. The second kappa shape index (κ2) is 6.11. The molecule has 0 N–H and O–H groups in total. The summed E-state index contributed by atoms with van der Waals surface area (Å²) < 4.78 is 39.4. The summed E-state index contributed by atoms with van der Waals surface area (Å²) in [5, 5.41) is 3.39. The lowest BCUT2D eigenvalue weighted by Gasteiger charge is -2.19. The van der Waals surface area contributed by atoms with E-state index in [4.69, 9.17) is 0 Å². The van der Waals surface area contributed by atoms with Crippen LogP contribution < -0.4 is 0 Å². The second-order valence-corrected chi connectivity index (χ2v) is 7.92. The van der Waals surface area contributed by atoms with Gasteiger partial charge in [0, 0.05) is 7.05 Å². The number of sulfonamides is 1. The Bertz CT molecular complexity index is 826. The van der Waals surface area contributed by atoms with Crippen LogP contribution >= 0.6 is 0 Å². The number of rotatable bonds is 4. The van der Waals surface area contributed by atoms with Crippen molar-refractivity contribution in [3.63, 3.8) is 0 Å². The van der Waals surface area contributed by atoms with Gasteiger partial charge in [0.15, 0.2) is 0 Å². The Hall–Kier alpha value is -2.22. The monoisotopic (exact) mass is 339 g/mol. The van der Waals surface area contributed by atoms with Crippen molar-refractivity contribution in [1.29, 1.82) is 0 Å². The third-order valence-electron chi connectivity index (χ3n) is 3.57. The molecule has 1 aromatic heterocycles. The molecule has 0 atom stereocenters. The van der Waals surface area contributed by atoms with Crippen molar-refractivity contribution >= 4 is 15.9 Å². The van der Waals surface area contributed by atoms with E-state index in [1.165, 1.54) is 56.0 Å². The maximum Gasteiger partial charge on any atom is 0.270 e. The molecule has 0 unspecified atom stereocenters. The van der Waals surface area contributed by atoms with E-state index in [9.17, 15) is 17.6 Å². The molecule has 2 rings (SSSR count). The number of amides is 1. The molecule has 0 saturated heterocycles. The molecular formula is C15H18FN3O3S. The van der Waals surface area contributed by atoms with Gasteiger partial charge in [-0.1, -0.05) is 0 Å². The van der Waals surface area contributed by atoms with Crippen LogP contribution in [0.4, 0.5) is 4.39 Å². The van der Waals surface area contributed by atoms with Crippen LogP contribution in [0.15, 0.2) is 30.5 Å². The Morgan fingerprint density at radius 1 is 1.26 bits per heavy atom. The number of halogens is 1. The van der Waals surface area contributed by atoms with E-state index in [2.05, 4.69) is 5.10 Å². The van der Waals surface area contributed by atoms with E-state index in [0.29, 0.717) is 11.4 Å². The Balaban J connectivity index is 2.39. The molecule has 23 heavy (non-hydrogen) atoms. The summed E-state index contributed by atoms with van der Waals surface area (Å²) in [6.45, 7) is 4.67. The minimum Gasteiger partial charge on any atom is -0.268 e. The van der Waals surface area contributed by atoms with Crippen LogP contribution in [-0.4, -0.2) is 40.7 Å². The van der Waals surface area contributed by atoms with Crippen molar-refractivity contribution in [2.24, 2.45) is 0 Å². The van der Waals surface area contributed by atoms with E-state index in [0.717, 1.165) is 4.31 Å². The van der Waals surface area contributed by atoms with Gasteiger partial charge in [0.2, 0.25) is 10.0 Å². The summed E-state index contributed by atoms with van der Waals surface area (Å²) in [6.07, 6.45) is 1.31. The predicted molar refractivity (Wildman–Crippen MR) is 84.4 cm³/mol. The molecule has 1 heterocycles. The second-order valence-electron chi connectivity index (χ2n) is 5.40. The van der Waals surface area contributed by atoms with Gasteiger partial charge in [-0.05, 0) is 45.0 Å². The Morgan fingerprint density at radius 2 is 1.83 bits per heavy atom. The molecule has 0 fully saturated rings. The molecule has 0 radical (unpaired) electrons. The fourth-order valence-corrected chi connectivity index (χ4v) is 3.03. The Morgan fingerprint density at radius 3 is 2.35 bits per heavy atom. The van der Waals surface area contributed by atoms with Gasteiger partial charge < -0.3 is 0 Å². The Labute approximate surface area is 134 Å². The van der Waals surface area contributed by atoms with Crippen molar-refractivity contribution in [3.8, 4) is 5.69 Å². The highest BCUT2D eigenvalue weighted by Gasteiger charge is 2.29. The first-order valence-corrected chi connectivity index (χ1v) is 8.49. The fraction of sp³-hybridized carbons (Fsp3) is 0.333. The molecular weight excluding hydrogens is 321 g/mol. The summed E-state index contributed by atoms with van der Waals surface area (Å²) >= 11 is 0. The zero-order valence-corrected chi connectivity index (χ0v) is 14.1. The zero-order valence-electron chi connectivity index (χ0n) is 13.3. The standard InChI is InChI=1S/C15H18FN3O3S/c1-10(2)23(21,22)18(4)15(20)14-9-17-19(11(14)3)13-7-5-12(16)6-8-13/h5-10H,1-4H3. The Kier molecular flexibility index (Phi) is 4.56. The summed E-state index contributed by atoms with van der Waals surface area (Å²) in [5.41, 5.74) is 1.24. The molecule has 0 aliphatic rings.